The molecule has 0 saturated heterocycles. The largest absolute Gasteiger partial charge is 0.481 e. The lowest BCUT2D eigenvalue weighted by Crippen LogP contribution is -2.16. The van der Waals surface area contributed by atoms with E-state index in [-0.39, 0.29) is 11.8 Å². The normalized spacial score (nSPS) is 26.3. The van der Waals surface area contributed by atoms with Crippen LogP contribution in [0.5, 0.6) is 0 Å². The molecule has 14 heavy (non-hydrogen) atoms. The van der Waals surface area contributed by atoms with Gasteiger partial charge in [0.25, 0.3) is 0 Å². The first-order chi connectivity index (χ1) is 6.79. The van der Waals surface area contributed by atoms with Gasteiger partial charge in [-0.3, -0.25) is 9.78 Å². The predicted molar refractivity (Wildman–Crippen MR) is 52.0 cm³/mol. The first kappa shape index (κ1) is 9.19. The predicted octanol–water partition coefficient (Wildman–Crippen LogP) is 2.05. The third-order valence-electron chi connectivity index (χ3n) is 2.97. The molecule has 1 aliphatic carbocycles. The van der Waals surface area contributed by atoms with E-state index in [1.807, 2.05) is 12.1 Å². The molecule has 74 valence electrons. The molecular formula is C11H13NO2. The van der Waals surface area contributed by atoms with Crippen molar-refractivity contribution in [1.29, 1.82) is 0 Å². The molecule has 0 radical (unpaired) electrons. The van der Waals surface area contributed by atoms with Crippen molar-refractivity contribution in [2.75, 3.05) is 0 Å². The van der Waals surface area contributed by atoms with Gasteiger partial charge in [-0.1, -0.05) is 6.42 Å². The van der Waals surface area contributed by atoms with E-state index in [2.05, 4.69) is 4.98 Å². The van der Waals surface area contributed by atoms with Gasteiger partial charge >= 0.3 is 5.97 Å². The summed E-state index contributed by atoms with van der Waals surface area (Å²) in [6, 6.07) is 3.85. The van der Waals surface area contributed by atoms with E-state index in [0.29, 0.717) is 0 Å². The summed E-state index contributed by atoms with van der Waals surface area (Å²) in [7, 11) is 0. The molecule has 0 unspecified atom stereocenters. The van der Waals surface area contributed by atoms with E-state index < -0.39 is 5.97 Å². The molecule has 1 aromatic rings. The van der Waals surface area contributed by atoms with Crippen molar-refractivity contribution in [3.05, 3.63) is 30.1 Å². The van der Waals surface area contributed by atoms with Crippen LogP contribution in [0.15, 0.2) is 24.5 Å². The summed E-state index contributed by atoms with van der Waals surface area (Å²) in [4.78, 5) is 14.9. The summed E-state index contributed by atoms with van der Waals surface area (Å²) >= 11 is 0. The molecule has 1 aliphatic rings. The minimum atomic E-state index is -0.663. The fourth-order valence-electron chi connectivity index (χ4n) is 2.27. The molecule has 1 aromatic heterocycles. The van der Waals surface area contributed by atoms with Crippen LogP contribution in [0.2, 0.25) is 0 Å². The molecule has 1 fully saturated rings. The zero-order chi connectivity index (χ0) is 9.97. The first-order valence-electron chi connectivity index (χ1n) is 4.92. The lowest BCUT2D eigenvalue weighted by atomic mass is 9.90. The number of pyridine rings is 1. The highest BCUT2D eigenvalue weighted by Gasteiger charge is 2.33. The average molecular weight is 191 g/mol. The van der Waals surface area contributed by atoms with Crippen LogP contribution in [0.25, 0.3) is 0 Å². The van der Waals surface area contributed by atoms with Crippen LogP contribution in [0.1, 0.15) is 30.7 Å². The molecule has 1 N–H and O–H groups in total. The van der Waals surface area contributed by atoms with Gasteiger partial charge in [0.05, 0.1) is 5.92 Å². The Morgan fingerprint density at radius 2 is 2.07 bits per heavy atom. The van der Waals surface area contributed by atoms with Crippen LogP contribution >= 0.6 is 0 Å². The van der Waals surface area contributed by atoms with Gasteiger partial charge in [0.2, 0.25) is 0 Å². The Kier molecular flexibility index (Phi) is 2.48. The summed E-state index contributed by atoms with van der Waals surface area (Å²) in [6.07, 6.45) is 6.27. The Balaban J connectivity index is 2.22. The van der Waals surface area contributed by atoms with Crippen molar-refractivity contribution in [2.24, 2.45) is 5.92 Å². The number of aliphatic carboxylic acids is 1. The molecule has 1 saturated carbocycles. The SMILES string of the molecule is O=C(O)[C@H]1CCC[C@H]1c1ccncc1. The number of hydrogen-bond acceptors (Lipinski definition) is 2. The third-order valence-corrected chi connectivity index (χ3v) is 2.97. The lowest BCUT2D eigenvalue weighted by Gasteiger charge is -2.15. The average Bonchev–Trinajstić information content (AvgIpc) is 2.67. The Morgan fingerprint density at radius 1 is 1.36 bits per heavy atom. The van der Waals surface area contributed by atoms with Crippen molar-refractivity contribution in [1.82, 2.24) is 4.98 Å². The van der Waals surface area contributed by atoms with Gasteiger partial charge in [-0.05, 0) is 36.5 Å². The highest BCUT2D eigenvalue weighted by molar-refractivity contribution is 5.71. The highest BCUT2D eigenvalue weighted by Crippen LogP contribution is 2.39. The zero-order valence-corrected chi connectivity index (χ0v) is 7.89. The molecule has 3 nitrogen and oxygen atoms in total. The van der Waals surface area contributed by atoms with Crippen LogP contribution in [0.3, 0.4) is 0 Å². The van der Waals surface area contributed by atoms with Crippen LogP contribution in [0.4, 0.5) is 0 Å². The second-order valence-corrected chi connectivity index (χ2v) is 3.76. The van der Waals surface area contributed by atoms with Gasteiger partial charge in [-0.25, -0.2) is 0 Å². The molecule has 0 spiro atoms. The Labute approximate surface area is 82.8 Å². The number of hydrogen-bond donors (Lipinski definition) is 1. The Bertz CT molecular complexity index is 323. The molecule has 1 heterocycles. The molecule has 0 aliphatic heterocycles. The summed E-state index contributed by atoms with van der Waals surface area (Å²) in [5.74, 6) is -0.669. The third kappa shape index (κ3) is 1.62. The second kappa shape index (κ2) is 3.78. The maximum atomic E-state index is 11.0. The van der Waals surface area contributed by atoms with Crippen LogP contribution in [-0.2, 0) is 4.79 Å². The van der Waals surface area contributed by atoms with Gasteiger partial charge in [0.1, 0.15) is 0 Å². The van der Waals surface area contributed by atoms with Crippen molar-refractivity contribution < 1.29 is 9.90 Å². The van der Waals surface area contributed by atoms with Crippen molar-refractivity contribution in [3.8, 4) is 0 Å². The van der Waals surface area contributed by atoms with E-state index in [9.17, 15) is 4.79 Å². The van der Waals surface area contributed by atoms with Gasteiger partial charge in [-0.15, -0.1) is 0 Å². The van der Waals surface area contributed by atoms with Gasteiger partial charge in [0.15, 0.2) is 0 Å². The zero-order valence-electron chi connectivity index (χ0n) is 7.89. The maximum Gasteiger partial charge on any atom is 0.307 e. The number of carboxylic acids is 1. The Hall–Kier alpha value is -1.38. The monoisotopic (exact) mass is 191 g/mol. The minimum absolute atomic E-state index is 0.190. The van der Waals surface area contributed by atoms with E-state index in [1.165, 1.54) is 0 Å². The number of carboxylic acid groups (broad SMARTS) is 1. The number of aromatic nitrogens is 1. The fraction of sp³-hybridized carbons (Fsp3) is 0.455. The second-order valence-electron chi connectivity index (χ2n) is 3.76. The standard InChI is InChI=1S/C11H13NO2/c13-11(14)10-3-1-2-9(10)8-4-6-12-7-5-8/h4-7,9-10H,1-3H2,(H,13,14)/t9-,10-/m0/s1. The van der Waals surface area contributed by atoms with Gasteiger partial charge < -0.3 is 5.11 Å². The lowest BCUT2D eigenvalue weighted by molar-refractivity contribution is -0.142. The van der Waals surface area contributed by atoms with Crippen molar-refractivity contribution in [3.63, 3.8) is 0 Å². The first-order valence-corrected chi connectivity index (χ1v) is 4.92. The molecule has 0 aromatic carbocycles. The quantitative estimate of drug-likeness (QED) is 0.778. The fourth-order valence-corrected chi connectivity index (χ4v) is 2.27. The minimum Gasteiger partial charge on any atom is -0.481 e. The van der Waals surface area contributed by atoms with Gasteiger partial charge in [-0.2, -0.15) is 0 Å². The Morgan fingerprint density at radius 3 is 2.71 bits per heavy atom. The summed E-state index contributed by atoms with van der Waals surface area (Å²) in [6.45, 7) is 0. The van der Waals surface area contributed by atoms with E-state index in [1.54, 1.807) is 12.4 Å². The maximum absolute atomic E-state index is 11.0. The summed E-state index contributed by atoms with van der Waals surface area (Å²) in [5.41, 5.74) is 1.12. The van der Waals surface area contributed by atoms with E-state index in [4.69, 9.17) is 5.11 Å². The number of nitrogens with zero attached hydrogens (tertiary/aromatic N) is 1. The molecule has 0 bridgehead atoms. The van der Waals surface area contributed by atoms with Crippen LogP contribution in [-0.4, -0.2) is 16.1 Å². The number of carbonyl (C=O) groups is 1. The smallest absolute Gasteiger partial charge is 0.307 e. The van der Waals surface area contributed by atoms with Crippen LogP contribution < -0.4 is 0 Å². The molecule has 2 rings (SSSR count). The van der Waals surface area contributed by atoms with Crippen molar-refractivity contribution in [2.45, 2.75) is 25.2 Å². The summed E-state index contributed by atoms with van der Waals surface area (Å²) < 4.78 is 0. The van der Waals surface area contributed by atoms with Gasteiger partial charge in [0, 0.05) is 12.4 Å². The molecule has 2 atom stereocenters. The molecular weight excluding hydrogens is 178 g/mol. The molecule has 0 amide bonds. The van der Waals surface area contributed by atoms with E-state index in [0.717, 1.165) is 24.8 Å². The number of rotatable bonds is 2. The van der Waals surface area contributed by atoms with E-state index >= 15 is 0 Å². The van der Waals surface area contributed by atoms with Crippen molar-refractivity contribution >= 4 is 5.97 Å². The molecule has 3 heteroatoms. The summed E-state index contributed by atoms with van der Waals surface area (Å²) in [5, 5.41) is 9.03. The van der Waals surface area contributed by atoms with Crippen LogP contribution in [0, 0.1) is 5.92 Å². The highest BCUT2D eigenvalue weighted by atomic mass is 16.4. The topological polar surface area (TPSA) is 50.2 Å².